The Labute approximate surface area is 130 Å². The smallest absolute Gasteiger partial charge is 0.0198 e. The highest BCUT2D eigenvalue weighted by Crippen LogP contribution is 2.17. The van der Waals surface area contributed by atoms with Gasteiger partial charge < -0.3 is 0 Å². The van der Waals surface area contributed by atoms with Crippen LogP contribution >= 0.6 is 60.5 Å². The van der Waals surface area contributed by atoms with Gasteiger partial charge in [0, 0.05) is 45.0 Å². The van der Waals surface area contributed by atoms with Crippen molar-refractivity contribution in [1.82, 2.24) is 0 Å². The maximum atomic E-state index is 4.57. The van der Waals surface area contributed by atoms with Crippen molar-refractivity contribution in [3.8, 4) is 0 Å². The van der Waals surface area contributed by atoms with Crippen LogP contribution in [0.25, 0.3) is 0 Å². The normalized spacial score (nSPS) is 14.2. The van der Waals surface area contributed by atoms with Crippen LogP contribution in [0.2, 0.25) is 0 Å². The Morgan fingerprint density at radius 1 is 0.765 bits per heavy atom. The van der Waals surface area contributed by atoms with Gasteiger partial charge in [-0.15, -0.1) is 13.2 Å². The van der Waals surface area contributed by atoms with Crippen LogP contribution in [-0.4, -0.2) is 45.0 Å². The van der Waals surface area contributed by atoms with E-state index in [-0.39, 0.29) is 0 Å². The zero-order chi connectivity index (χ0) is 12.9. The van der Waals surface area contributed by atoms with Crippen LogP contribution in [-0.2, 0) is 0 Å². The van der Waals surface area contributed by atoms with Crippen LogP contribution in [0.5, 0.6) is 0 Å². The first-order chi connectivity index (χ1) is 8.20. The topological polar surface area (TPSA) is 0 Å². The SMILES string of the molecule is C=CCSCC(S)CSCC(S)CSCC=C. The molecule has 2 atom stereocenters. The lowest BCUT2D eigenvalue weighted by atomic mass is 10.5. The quantitative estimate of drug-likeness (QED) is 0.314. The van der Waals surface area contributed by atoms with Crippen LogP contribution in [0.4, 0.5) is 0 Å². The van der Waals surface area contributed by atoms with Gasteiger partial charge in [-0.2, -0.15) is 60.5 Å². The maximum absolute atomic E-state index is 4.57. The average molecular weight is 327 g/mol. The Hall–Kier alpha value is 1.23. The maximum Gasteiger partial charge on any atom is 0.0198 e. The lowest BCUT2D eigenvalue weighted by Gasteiger charge is -2.12. The van der Waals surface area contributed by atoms with E-state index >= 15 is 0 Å². The van der Waals surface area contributed by atoms with Crippen LogP contribution in [0.15, 0.2) is 25.3 Å². The third kappa shape index (κ3) is 13.5. The van der Waals surface area contributed by atoms with E-state index in [1.165, 1.54) is 0 Å². The minimum atomic E-state index is 0.478. The summed E-state index contributed by atoms with van der Waals surface area (Å²) in [6.45, 7) is 7.42. The Balaban J connectivity index is 3.35. The molecule has 2 unspecified atom stereocenters. The summed E-state index contributed by atoms with van der Waals surface area (Å²) in [4.78, 5) is 0. The summed E-state index contributed by atoms with van der Waals surface area (Å²) in [6, 6.07) is 0. The van der Waals surface area contributed by atoms with Crippen molar-refractivity contribution in [2.45, 2.75) is 10.5 Å². The number of rotatable bonds is 12. The highest BCUT2D eigenvalue weighted by Gasteiger charge is 2.06. The summed E-state index contributed by atoms with van der Waals surface area (Å²) in [5, 5.41) is 0.956. The van der Waals surface area contributed by atoms with Crippen LogP contribution in [0.1, 0.15) is 0 Å². The molecule has 0 rings (SSSR count). The third-order valence-corrected chi connectivity index (χ3v) is 6.93. The van der Waals surface area contributed by atoms with E-state index in [1.54, 1.807) is 0 Å². The Kier molecular flexibility index (Phi) is 14.6. The molecule has 0 aliphatic carbocycles. The molecule has 100 valence electrons. The lowest BCUT2D eigenvalue weighted by molar-refractivity contribution is 1.13. The summed E-state index contributed by atoms with van der Waals surface area (Å²) in [7, 11) is 0. The van der Waals surface area contributed by atoms with Gasteiger partial charge in [0.15, 0.2) is 0 Å². The Morgan fingerprint density at radius 3 is 1.47 bits per heavy atom. The minimum Gasteiger partial charge on any atom is -0.174 e. The molecular weight excluding hydrogens is 304 g/mol. The van der Waals surface area contributed by atoms with Crippen molar-refractivity contribution in [2.75, 3.05) is 34.5 Å². The molecule has 0 aromatic heterocycles. The molecule has 0 heterocycles. The van der Waals surface area contributed by atoms with Gasteiger partial charge in [0.1, 0.15) is 0 Å². The predicted molar refractivity (Wildman–Crippen MR) is 97.9 cm³/mol. The molecule has 0 aromatic rings. The first kappa shape index (κ1) is 18.2. The predicted octanol–water partition coefficient (Wildman–Crippen LogP) is 4.15. The van der Waals surface area contributed by atoms with Gasteiger partial charge in [-0.25, -0.2) is 0 Å². The second-order valence-corrected chi connectivity index (χ2v) is 8.18. The van der Waals surface area contributed by atoms with E-state index in [9.17, 15) is 0 Å². The van der Waals surface area contributed by atoms with Crippen molar-refractivity contribution in [2.24, 2.45) is 0 Å². The first-order valence-corrected chi connectivity index (χ1v) is 10.0. The van der Waals surface area contributed by atoms with Gasteiger partial charge in [-0.05, 0) is 0 Å². The number of hydrogen-bond acceptors (Lipinski definition) is 5. The molecule has 0 saturated carbocycles. The summed E-state index contributed by atoms with van der Waals surface area (Å²) in [6.07, 6.45) is 3.89. The third-order valence-electron chi connectivity index (χ3n) is 1.71. The van der Waals surface area contributed by atoms with Gasteiger partial charge >= 0.3 is 0 Å². The fourth-order valence-corrected chi connectivity index (χ4v) is 4.88. The van der Waals surface area contributed by atoms with Crippen molar-refractivity contribution in [3.05, 3.63) is 25.3 Å². The van der Waals surface area contributed by atoms with Crippen molar-refractivity contribution in [1.29, 1.82) is 0 Å². The van der Waals surface area contributed by atoms with Crippen molar-refractivity contribution < 1.29 is 0 Å². The highest BCUT2D eigenvalue weighted by atomic mass is 32.2. The molecular formula is C12H22S5. The molecule has 0 fully saturated rings. The summed E-state index contributed by atoms with van der Waals surface area (Å²) >= 11 is 14.9. The Morgan fingerprint density at radius 2 is 1.12 bits per heavy atom. The molecule has 0 spiro atoms. The molecule has 5 heteroatoms. The van der Waals surface area contributed by atoms with E-state index < -0.39 is 0 Å². The fraction of sp³-hybridized carbons (Fsp3) is 0.667. The number of thiol groups is 2. The summed E-state index contributed by atoms with van der Waals surface area (Å²) < 4.78 is 0. The summed E-state index contributed by atoms with van der Waals surface area (Å²) in [5.74, 6) is 6.46. The molecule has 0 saturated heterocycles. The van der Waals surface area contributed by atoms with E-state index in [4.69, 9.17) is 0 Å². The molecule has 0 nitrogen and oxygen atoms in total. The van der Waals surface area contributed by atoms with Crippen LogP contribution in [0.3, 0.4) is 0 Å². The Bertz CT molecular complexity index is 175. The standard InChI is InChI=1S/C12H22S5/c1-3-5-15-7-11(13)9-17-10-12(14)8-16-6-4-2/h3-4,11-14H,1-2,5-10H2. The molecule has 0 aliphatic heterocycles. The number of hydrogen-bond donors (Lipinski definition) is 2. The molecule has 0 radical (unpaired) electrons. The molecule has 0 amide bonds. The van der Waals surface area contributed by atoms with Crippen LogP contribution in [0, 0.1) is 0 Å². The van der Waals surface area contributed by atoms with Crippen LogP contribution < -0.4 is 0 Å². The van der Waals surface area contributed by atoms with Crippen molar-refractivity contribution in [3.63, 3.8) is 0 Å². The zero-order valence-electron chi connectivity index (χ0n) is 10.1. The van der Waals surface area contributed by atoms with Gasteiger partial charge in [-0.3, -0.25) is 0 Å². The average Bonchev–Trinajstić information content (AvgIpc) is 2.30. The largest absolute Gasteiger partial charge is 0.174 e. The minimum absolute atomic E-state index is 0.478. The van der Waals surface area contributed by atoms with E-state index in [2.05, 4.69) is 38.4 Å². The second-order valence-electron chi connectivity index (χ2n) is 3.50. The highest BCUT2D eigenvalue weighted by molar-refractivity contribution is 8.02. The molecule has 0 N–H and O–H groups in total. The van der Waals surface area contributed by atoms with E-state index in [1.807, 2.05) is 47.4 Å². The second kappa shape index (κ2) is 13.7. The van der Waals surface area contributed by atoms with E-state index in [0.717, 1.165) is 34.5 Å². The zero-order valence-corrected chi connectivity index (χ0v) is 14.3. The van der Waals surface area contributed by atoms with Gasteiger partial charge in [0.25, 0.3) is 0 Å². The van der Waals surface area contributed by atoms with Gasteiger partial charge in [0.2, 0.25) is 0 Å². The number of thioether (sulfide) groups is 3. The van der Waals surface area contributed by atoms with E-state index in [0.29, 0.717) is 10.5 Å². The van der Waals surface area contributed by atoms with Gasteiger partial charge in [-0.1, -0.05) is 12.2 Å². The fourth-order valence-electron chi connectivity index (χ4n) is 1.01. The lowest BCUT2D eigenvalue weighted by Crippen LogP contribution is -2.11. The van der Waals surface area contributed by atoms with Crippen molar-refractivity contribution >= 4 is 60.5 Å². The molecule has 0 aliphatic rings. The molecule has 17 heavy (non-hydrogen) atoms. The molecule has 0 aromatic carbocycles. The molecule has 0 bridgehead atoms. The monoisotopic (exact) mass is 326 g/mol. The summed E-state index contributed by atoms with van der Waals surface area (Å²) in [5.41, 5.74) is 0. The first-order valence-electron chi connectivity index (χ1n) is 5.51. The van der Waals surface area contributed by atoms with Gasteiger partial charge in [0.05, 0.1) is 0 Å².